The summed E-state index contributed by atoms with van der Waals surface area (Å²) in [6.45, 7) is 0. The number of hydrogen-bond acceptors (Lipinski definition) is 3. The first-order valence-electron chi connectivity index (χ1n) is 3.78. The molecule has 0 saturated heterocycles. The van der Waals surface area contributed by atoms with Crippen LogP contribution in [0.5, 0.6) is 0 Å². The highest BCUT2D eigenvalue weighted by atomic mass is 16.6. The molecule has 1 aliphatic heterocycles. The molecule has 0 radical (unpaired) electrons. The van der Waals surface area contributed by atoms with Gasteiger partial charge in [-0.05, 0) is 18.2 Å². The molecule has 0 amide bonds. The lowest BCUT2D eigenvalue weighted by molar-refractivity contribution is -0.162. The first-order chi connectivity index (χ1) is 5.81. The van der Waals surface area contributed by atoms with Crippen molar-refractivity contribution in [2.45, 2.75) is 12.2 Å². The van der Waals surface area contributed by atoms with Gasteiger partial charge in [0.15, 0.2) is 0 Å². The van der Waals surface area contributed by atoms with Crippen LogP contribution in [0.3, 0.4) is 0 Å². The molecule has 2 heterocycles. The van der Waals surface area contributed by atoms with Crippen molar-refractivity contribution >= 4 is 0 Å². The van der Waals surface area contributed by atoms with E-state index in [-0.39, 0.29) is 0 Å². The van der Waals surface area contributed by atoms with Gasteiger partial charge >= 0.3 is 0 Å². The smallest absolute Gasteiger partial charge is 0.254 e. The Morgan fingerprint density at radius 3 is 3.00 bits per heavy atom. The van der Waals surface area contributed by atoms with Gasteiger partial charge in [-0.25, -0.2) is 0 Å². The number of rotatable bonds is 1. The van der Waals surface area contributed by atoms with Crippen LogP contribution < -0.4 is 0 Å². The molecule has 0 saturated carbocycles. The van der Waals surface area contributed by atoms with Crippen molar-refractivity contribution in [2.75, 3.05) is 0 Å². The topological polar surface area (TPSA) is 42.4 Å². The standard InChI is InChI=1S/C9H9NO2/c11-9(5-3-7-12-9)8-4-1-2-6-10-8/h1-4,6-7,11H,5H2. The molecule has 62 valence electrons. The number of ether oxygens (including phenoxy) is 1. The van der Waals surface area contributed by atoms with Crippen molar-refractivity contribution in [3.05, 3.63) is 42.4 Å². The van der Waals surface area contributed by atoms with E-state index in [2.05, 4.69) is 4.98 Å². The summed E-state index contributed by atoms with van der Waals surface area (Å²) in [7, 11) is 0. The SMILES string of the molecule is OC1(c2ccccn2)CC=CO1. The Morgan fingerprint density at radius 1 is 1.50 bits per heavy atom. The normalized spacial score (nSPS) is 27.1. The third-order valence-corrected chi connectivity index (χ3v) is 1.82. The molecule has 1 N–H and O–H groups in total. The van der Waals surface area contributed by atoms with Crippen molar-refractivity contribution < 1.29 is 9.84 Å². The van der Waals surface area contributed by atoms with E-state index in [0.717, 1.165) is 0 Å². The molecule has 12 heavy (non-hydrogen) atoms. The maximum atomic E-state index is 9.82. The minimum absolute atomic E-state index is 0.462. The van der Waals surface area contributed by atoms with E-state index in [0.29, 0.717) is 12.1 Å². The number of aromatic nitrogens is 1. The summed E-state index contributed by atoms with van der Waals surface area (Å²) in [5.74, 6) is -1.23. The van der Waals surface area contributed by atoms with Gasteiger partial charge in [0.25, 0.3) is 5.79 Å². The van der Waals surface area contributed by atoms with Gasteiger partial charge in [0, 0.05) is 12.6 Å². The monoisotopic (exact) mass is 163 g/mol. The molecule has 1 aromatic rings. The second-order valence-corrected chi connectivity index (χ2v) is 2.69. The first-order valence-corrected chi connectivity index (χ1v) is 3.78. The molecule has 3 heteroatoms. The molecule has 0 spiro atoms. The summed E-state index contributed by atoms with van der Waals surface area (Å²) in [6.07, 6.45) is 5.36. The van der Waals surface area contributed by atoms with Crippen LogP contribution in [0.25, 0.3) is 0 Å². The highest BCUT2D eigenvalue weighted by Crippen LogP contribution is 2.29. The Balaban J connectivity index is 2.31. The Labute approximate surface area is 70.3 Å². The van der Waals surface area contributed by atoms with Gasteiger partial charge in [-0.1, -0.05) is 6.07 Å². The van der Waals surface area contributed by atoms with Crippen LogP contribution in [0, 0.1) is 0 Å². The Hall–Kier alpha value is -1.35. The van der Waals surface area contributed by atoms with E-state index in [1.807, 2.05) is 6.07 Å². The predicted molar refractivity (Wildman–Crippen MR) is 43.0 cm³/mol. The maximum Gasteiger partial charge on any atom is 0.254 e. The fourth-order valence-electron chi connectivity index (χ4n) is 1.18. The molecule has 2 rings (SSSR count). The molecule has 1 aromatic heterocycles. The van der Waals surface area contributed by atoms with Gasteiger partial charge in [0.1, 0.15) is 5.69 Å². The van der Waals surface area contributed by atoms with Crippen molar-refractivity contribution in [1.82, 2.24) is 4.98 Å². The van der Waals surface area contributed by atoms with E-state index in [4.69, 9.17) is 4.74 Å². The summed E-state index contributed by atoms with van der Waals surface area (Å²) in [5.41, 5.74) is 0.551. The van der Waals surface area contributed by atoms with E-state index in [1.165, 1.54) is 6.26 Å². The lowest BCUT2D eigenvalue weighted by Crippen LogP contribution is -2.24. The summed E-state index contributed by atoms with van der Waals surface area (Å²) < 4.78 is 5.04. The fraction of sp³-hybridized carbons (Fsp3) is 0.222. The van der Waals surface area contributed by atoms with Crippen LogP contribution in [0.2, 0.25) is 0 Å². The largest absolute Gasteiger partial charge is 0.464 e. The average molecular weight is 163 g/mol. The second-order valence-electron chi connectivity index (χ2n) is 2.69. The van der Waals surface area contributed by atoms with Gasteiger partial charge in [-0.2, -0.15) is 0 Å². The third-order valence-electron chi connectivity index (χ3n) is 1.82. The van der Waals surface area contributed by atoms with Gasteiger partial charge in [-0.15, -0.1) is 0 Å². The van der Waals surface area contributed by atoms with Crippen LogP contribution in [0.4, 0.5) is 0 Å². The van der Waals surface area contributed by atoms with Crippen molar-refractivity contribution in [3.63, 3.8) is 0 Å². The maximum absolute atomic E-state index is 9.82. The molecular formula is C9H9NO2. The lowest BCUT2D eigenvalue weighted by Gasteiger charge is -2.20. The van der Waals surface area contributed by atoms with Crippen molar-refractivity contribution in [2.24, 2.45) is 0 Å². The Bertz CT molecular complexity index is 287. The van der Waals surface area contributed by atoms with E-state index < -0.39 is 5.79 Å². The van der Waals surface area contributed by atoms with Gasteiger partial charge in [-0.3, -0.25) is 4.98 Å². The molecule has 1 aliphatic rings. The van der Waals surface area contributed by atoms with Gasteiger partial charge < -0.3 is 9.84 Å². The number of pyridine rings is 1. The number of hydrogen-bond donors (Lipinski definition) is 1. The summed E-state index contributed by atoms with van der Waals surface area (Å²) in [6, 6.07) is 5.37. The van der Waals surface area contributed by atoms with Gasteiger partial charge in [0.2, 0.25) is 0 Å². The van der Waals surface area contributed by atoms with E-state index in [9.17, 15) is 5.11 Å². The minimum Gasteiger partial charge on any atom is -0.464 e. The Morgan fingerprint density at radius 2 is 2.42 bits per heavy atom. The highest BCUT2D eigenvalue weighted by molar-refractivity contribution is 5.13. The number of nitrogens with zero attached hydrogens (tertiary/aromatic N) is 1. The molecular weight excluding hydrogens is 154 g/mol. The van der Waals surface area contributed by atoms with Crippen LogP contribution in [0.1, 0.15) is 12.1 Å². The lowest BCUT2D eigenvalue weighted by atomic mass is 10.1. The van der Waals surface area contributed by atoms with Crippen LogP contribution in [-0.4, -0.2) is 10.1 Å². The molecule has 0 bridgehead atoms. The van der Waals surface area contributed by atoms with Crippen molar-refractivity contribution in [1.29, 1.82) is 0 Å². The average Bonchev–Trinajstić information content (AvgIpc) is 2.55. The van der Waals surface area contributed by atoms with E-state index >= 15 is 0 Å². The molecule has 1 unspecified atom stereocenters. The van der Waals surface area contributed by atoms with Crippen LogP contribution in [0.15, 0.2) is 36.7 Å². The number of aliphatic hydroxyl groups is 1. The predicted octanol–water partition coefficient (Wildman–Crippen LogP) is 1.16. The summed E-state index contributed by atoms with van der Waals surface area (Å²) >= 11 is 0. The van der Waals surface area contributed by atoms with E-state index in [1.54, 1.807) is 24.4 Å². The molecule has 0 aromatic carbocycles. The Kier molecular flexibility index (Phi) is 1.59. The highest BCUT2D eigenvalue weighted by Gasteiger charge is 2.33. The zero-order valence-electron chi connectivity index (χ0n) is 6.47. The summed E-state index contributed by atoms with van der Waals surface area (Å²) in [5, 5.41) is 9.82. The molecule has 0 fully saturated rings. The zero-order chi connectivity index (χ0) is 8.44. The quantitative estimate of drug-likeness (QED) is 0.675. The fourth-order valence-corrected chi connectivity index (χ4v) is 1.18. The zero-order valence-corrected chi connectivity index (χ0v) is 6.47. The first kappa shape index (κ1) is 7.31. The van der Waals surface area contributed by atoms with Crippen molar-refractivity contribution in [3.8, 4) is 0 Å². The second kappa shape index (κ2) is 2.60. The molecule has 0 aliphatic carbocycles. The molecule has 3 nitrogen and oxygen atoms in total. The molecule has 1 atom stereocenters. The van der Waals surface area contributed by atoms with Crippen LogP contribution in [-0.2, 0) is 10.5 Å². The van der Waals surface area contributed by atoms with Gasteiger partial charge in [0.05, 0.1) is 6.26 Å². The summed E-state index contributed by atoms with van der Waals surface area (Å²) in [4.78, 5) is 4.02. The van der Waals surface area contributed by atoms with Crippen LogP contribution >= 0.6 is 0 Å². The third kappa shape index (κ3) is 1.08. The minimum atomic E-state index is -1.23.